The predicted octanol–water partition coefficient (Wildman–Crippen LogP) is 4.89. The molecule has 0 aliphatic heterocycles. The minimum atomic E-state index is 0.563. The molecule has 0 spiro atoms. The molecule has 0 atom stereocenters. The van der Waals surface area contributed by atoms with E-state index in [4.69, 9.17) is 0 Å². The summed E-state index contributed by atoms with van der Waals surface area (Å²) in [5.41, 5.74) is 1.97. The third kappa shape index (κ3) is 4.07. The van der Waals surface area contributed by atoms with Crippen LogP contribution in [0.15, 0.2) is 37.0 Å². The van der Waals surface area contributed by atoms with E-state index < -0.39 is 0 Å². The Bertz CT molecular complexity index is 245. The minimum Gasteiger partial charge on any atom is -0.0993 e. The zero-order valence-corrected chi connectivity index (χ0v) is 10.3. The van der Waals surface area contributed by atoms with Crippen LogP contribution in [0.4, 0.5) is 0 Å². The van der Waals surface area contributed by atoms with Crippen LogP contribution in [0.1, 0.15) is 46.0 Å². The molecule has 0 bridgehead atoms. The van der Waals surface area contributed by atoms with E-state index >= 15 is 0 Å². The highest BCUT2D eigenvalue weighted by atomic mass is 14.3. The third-order valence-electron chi connectivity index (χ3n) is 3.57. The van der Waals surface area contributed by atoms with Gasteiger partial charge in [-0.05, 0) is 43.4 Å². The molecule has 0 heteroatoms. The molecule has 0 N–H and O–H groups in total. The molecule has 0 aromatic heterocycles. The highest BCUT2D eigenvalue weighted by Gasteiger charge is 2.27. The molecule has 84 valence electrons. The maximum absolute atomic E-state index is 4.21. The van der Waals surface area contributed by atoms with E-state index in [2.05, 4.69) is 33.1 Å². The van der Waals surface area contributed by atoms with E-state index in [-0.39, 0.29) is 0 Å². The molecule has 0 nitrogen and oxygen atoms in total. The number of hydrogen-bond donors (Lipinski definition) is 0. The lowest BCUT2D eigenvalue weighted by Crippen LogP contribution is -2.21. The lowest BCUT2D eigenvalue weighted by Gasteiger charge is -2.35. The van der Waals surface area contributed by atoms with Crippen LogP contribution in [0.25, 0.3) is 0 Å². The fraction of sp³-hybridized carbons (Fsp3) is 0.600. The molecule has 0 amide bonds. The lowest BCUT2D eigenvalue weighted by atomic mass is 9.71. The molecule has 0 radical (unpaired) electrons. The summed E-state index contributed by atoms with van der Waals surface area (Å²) in [5.74, 6) is 0.757. The molecule has 0 saturated heterocycles. The Morgan fingerprint density at radius 1 is 1.33 bits per heavy atom. The summed E-state index contributed by atoms with van der Waals surface area (Å²) in [6, 6.07) is 0. The molecule has 1 saturated carbocycles. The average molecular weight is 204 g/mol. The number of hydrogen-bond acceptors (Lipinski definition) is 0. The van der Waals surface area contributed by atoms with Crippen LogP contribution in [0.5, 0.6) is 0 Å². The largest absolute Gasteiger partial charge is 0.0993 e. The first-order valence-electron chi connectivity index (χ1n) is 6.00. The second-order valence-corrected chi connectivity index (χ2v) is 5.46. The summed E-state index contributed by atoms with van der Waals surface area (Å²) in [4.78, 5) is 0. The first kappa shape index (κ1) is 12.3. The summed E-state index contributed by atoms with van der Waals surface area (Å²) < 4.78 is 0. The Hall–Kier alpha value is -0.780. The first-order chi connectivity index (χ1) is 7.05. The highest BCUT2D eigenvalue weighted by molar-refractivity contribution is 5.10. The zero-order chi connectivity index (χ0) is 11.3. The summed E-state index contributed by atoms with van der Waals surface area (Å²) >= 11 is 0. The summed E-state index contributed by atoms with van der Waals surface area (Å²) in [5, 5.41) is 0. The van der Waals surface area contributed by atoms with Crippen molar-refractivity contribution >= 4 is 0 Å². The second kappa shape index (κ2) is 5.34. The Balaban J connectivity index is 2.36. The summed E-state index contributed by atoms with van der Waals surface area (Å²) in [7, 11) is 0. The van der Waals surface area contributed by atoms with Crippen molar-refractivity contribution in [1.82, 2.24) is 0 Å². The SMILES string of the molecule is C=C/C=C\CC(=C)C1CCC(C)(C)CC1. The van der Waals surface area contributed by atoms with Crippen molar-refractivity contribution < 1.29 is 0 Å². The van der Waals surface area contributed by atoms with Crippen LogP contribution in [-0.4, -0.2) is 0 Å². The average Bonchev–Trinajstić information content (AvgIpc) is 2.18. The van der Waals surface area contributed by atoms with Gasteiger partial charge in [0.2, 0.25) is 0 Å². The molecule has 1 aliphatic rings. The summed E-state index contributed by atoms with van der Waals surface area (Å²) in [6.45, 7) is 12.6. The standard InChI is InChI=1S/C15H24/c1-5-6-7-8-13(2)14-9-11-15(3,4)12-10-14/h5-7,14H,1-2,8-12H2,3-4H3/b7-6-. The fourth-order valence-electron chi connectivity index (χ4n) is 2.29. The third-order valence-corrected chi connectivity index (χ3v) is 3.57. The van der Waals surface area contributed by atoms with Gasteiger partial charge in [-0.25, -0.2) is 0 Å². The first-order valence-corrected chi connectivity index (χ1v) is 6.00. The molecule has 1 fully saturated rings. The summed E-state index contributed by atoms with van der Waals surface area (Å²) in [6.07, 6.45) is 12.4. The topological polar surface area (TPSA) is 0 Å². The van der Waals surface area contributed by atoms with E-state index in [0.29, 0.717) is 5.41 Å². The van der Waals surface area contributed by atoms with Gasteiger partial charge in [0.15, 0.2) is 0 Å². The Labute approximate surface area is 94.8 Å². The molecule has 15 heavy (non-hydrogen) atoms. The van der Waals surface area contributed by atoms with Crippen molar-refractivity contribution in [2.24, 2.45) is 11.3 Å². The Morgan fingerprint density at radius 3 is 2.47 bits per heavy atom. The van der Waals surface area contributed by atoms with Crippen LogP contribution in [0, 0.1) is 11.3 Å². The monoisotopic (exact) mass is 204 g/mol. The maximum atomic E-state index is 4.21. The van der Waals surface area contributed by atoms with E-state index in [0.717, 1.165) is 12.3 Å². The Kier molecular flexibility index (Phi) is 4.38. The smallest absolute Gasteiger partial charge is 0.0136 e. The molecule has 0 heterocycles. The van der Waals surface area contributed by atoms with Gasteiger partial charge < -0.3 is 0 Å². The van der Waals surface area contributed by atoms with Crippen molar-refractivity contribution in [2.45, 2.75) is 46.0 Å². The Morgan fingerprint density at radius 2 is 1.93 bits per heavy atom. The van der Waals surface area contributed by atoms with E-state index in [1.807, 2.05) is 12.2 Å². The highest BCUT2D eigenvalue weighted by Crippen LogP contribution is 2.40. The van der Waals surface area contributed by atoms with Crippen molar-refractivity contribution in [1.29, 1.82) is 0 Å². The van der Waals surface area contributed by atoms with Gasteiger partial charge in [-0.2, -0.15) is 0 Å². The van der Waals surface area contributed by atoms with Gasteiger partial charge in [-0.15, -0.1) is 0 Å². The van der Waals surface area contributed by atoms with Gasteiger partial charge in [0.1, 0.15) is 0 Å². The molecular formula is C15H24. The second-order valence-electron chi connectivity index (χ2n) is 5.46. The van der Waals surface area contributed by atoms with Crippen LogP contribution in [0.2, 0.25) is 0 Å². The molecule has 1 rings (SSSR count). The van der Waals surface area contributed by atoms with Gasteiger partial charge in [-0.1, -0.05) is 50.8 Å². The molecule has 1 aliphatic carbocycles. The van der Waals surface area contributed by atoms with Crippen molar-refractivity contribution in [3.05, 3.63) is 37.0 Å². The van der Waals surface area contributed by atoms with Gasteiger partial charge in [0, 0.05) is 0 Å². The van der Waals surface area contributed by atoms with Gasteiger partial charge in [0.25, 0.3) is 0 Å². The number of rotatable bonds is 4. The quantitative estimate of drug-likeness (QED) is 0.452. The maximum Gasteiger partial charge on any atom is -0.0136 e. The van der Waals surface area contributed by atoms with Gasteiger partial charge in [0.05, 0.1) is 0 Å². The predicted molar refractivity (Wildman–Crippen MR) is 68.8 cm³/mol. The van der Waals surface area contributed by atoms with Crippen LogP contribution < -0.4 is 0 Å². The molecular weight excluding hydrogens is 180 g/mol. The number of allylic oxidation sites excluding steroid dienone is 4. The van der Waals surface area contributed by atoms with Crippen molar-refractivity contribution in [2.75, 3.05) is 0 Å². The minimum absolute atomic E-state index is 0.563. The van der Waals surface area contributed by atoms with E-state index in [9.17, 15) is 0 Å². The molecule has 0 unspecified atom stereocenters. The van der Waals surface area contributed by atoms with Crippen LogP contribution in [0.3, 0.4) is 0 Å². The fourth-order valence-corrected chi connectivity index (χ4v) is 2.29. The van der Waals surface area contributed by atoms with Crippen LogP contribution >= 0.6 is 0 Å². The normalized spacial score (nSPS) is 21.7. The van der Waals surface area contributed by atoms with E-state index in [1.165, 1.54) is 31.3 Å². The van der Waals surface area contributed by atoms with Crippen molar-refractivity contribution in [3.8, 4) is 0 Å². The lowest BCUT2D eigenvalue weighted by molar-refractivity contribution is 0.207. The van der Waals surface area contributed by atoms with Gasteiger partial charge in [-0.3, -0.25) is 0 Å². The van der Waals surface area contributed by atoms with E-state index in [1.54, 1.807) is 0 Å². The van der Waals surface area contributed by atoms with Crippen molar-refractivity contribution in [3.63, 3.8) is 0 Å². The zero-order valence-electron chi connectivity index (χ0n) is 10.3. The van der Waals surface area contributed by atoms with Crippen LogP contribution in [-0.2, 0) is 0 Å². The van der Waals surface area contributed by atoms with Gasteiger partial charge >= 0.3 is 0 Å². The molecule has 0 aromatic rings. The molecule has 0 aromatic carbocycles.